The van der Waals surface area contributed by atoms with Crippen LogP contribution < -0.4 is 15.8 Å². The fourth-order valence-electron chi connectivity index (χ4n) is 1.33. The number of carbonyl (C=O) groups is 1. The molecule has 0 aliphatic rings. The first-order valence-corrected chi connectivity index (χ1v) is 5.24. The van der Waals surface area contributed by atoms with Crippen LogP contribution in [-0.4, -0.2) is 25.6 Å². The maximum Gasteiger partial charge on any atom is 0.251 e. The van der Waals surface area contributed by atoms with Gasteiger partial charge in [0.2, 0.25) is 0 Å². The van der Waals surface area contributed by atoms with Gasteiger partial charge in [-0.05, 0) is 31.5 Å². The molecule has 88 valence electrons. The Hall–Kier alpha value is -1.55. The molecule has 4 nitrogen and oxygen atoms in total. The van der Waals surface area contributed by atoms with E-state index in [1.807, 2.05) is 19.9 Å². The van der Waals surface area contributed by atoms with Crippen molar-refractivity contribution in [3.8, 4) is 5.75 Å². The Morgan fingerprint density at radius 1 is 1.56 bits per heavy atom. The molecule has 0 aliphatic carbocycles. The van der Waals surface area contributed by atoms with Crippen molar-refractivity contribution in [2.24, 2.45) is 5.73 Å². The van der Waals surface area contributed by atoms with Crippen LogP contribution in [0.15, 0.2) is 18.2 Å². The highest BCUT2D eigenvalue weighted by molar-refractivity contribution is 5.94. The van der Waals surface area contributed by atoms with Crippen molar-refractivity contribution in [1.29, 1.82) is 0 Å². The van der Waals surface area contributed by atoms with Gasteiger partial charge in [-0.1, -0.05) is 6.07 Å². The molecule has 0 spiro atoms. The van der Waals surface area contributed by atoms with E-state index in [0.29, 0.717) is 17.9 Å². The zero-order valence-electron chi connectivity index (χ0n) is 9.91. The molecule has 1 rings (SSSR count). The molecule has 0 radical (unpaired) electrons. The molecule has 16 heavy (non-hydrogen) atoms. The molecule has 0 aliphatic heterocycles. The number of carbonyl (C=O) groups excluding carboxylic acids is 1. The summed E-state index contributed by atoms with van der Waals surface area (Å²) in [5.74, 6) is 0.587. The lowest BCUT2D eigenvalue weighted by atomic mass is 10.1. The van der Waals surface area contributed by atoms with Crippen molar-refractivity contribution in [2.75, 3.05) is 13.7 Å². The van der Waals surface area contributed by atoms with Gasteiger partial charge in [0, 0.05) is 18.2 Å². The average Bonchev–Trinajstić information content (AvgIpc) is 2.29. The van der Waals surface area contributed by atoms with E-state index in [-0.39, 0.29) is 11.9 Å². The summed E-state index contributed by atoms with van der Waals surface area (Å²) in [6, 6.07) is 5.34. The molecule has 0 heterocycles. The van der Waals surface area contributed by atoms with Crippen LogP contribution in [0.5, 0.6) is 5.75 Å². The second-order valence-corrected chi connectivity index (χ2v) is 3.79. The maximum atomic E-state index is 11.8. The van der Waals surface area contributed by atoms with E-state index in [4.69, 9.17) is 10.5 Å². The Kier molecular flexibility index (Phi) is 4.31. The lowest BCUT2D eigenvalue weighted by molar-refractivity contribution is 0.0941. The standard InChI is InChI=1S/C12H18N2O2/c1-8-4-5-10(6-11(8)16-3)12(15)14-9(2)7-13/h4-6,9H,7,13H2,1-3H3,(H,14,15)/t9-/m0/s1. The van der Waals surface area contributed by atoms with Crippen molar-refractivity contribution in [3.05, 3.63) is 29.3 Å². The van der Waals surface area contributed by atoms with Gasteiger partial charge in [0.25, 0.3) is 5.91 Å². The van der Waals surface area contributed by atoms with E-state index in [9.17, 15) is 4.79 Å². The topological polar surface area (TPSA) is 64.3 Å². The molecule has 0 aromatic heterocycles. The van der Waals surface area contributed by atoms with E-state index < -0.39 is 0 Å². The SMILES string of the molecule is COc1cc(C(=O)N[C@@H](C)CN)ccc1C. The molecule has 1 aromatic rings. The lowest BCUT2D eigenvalue weighted by Crippen LogP contribution is -2.37. The van der Waals surface area contributed by atoms with Gasteiger partial charge in [-0.15, -0.1) is 0 Å². The largest absolute Gasteiger partial charge is 0.496 e. The van der Waals surface area contributed by atoms with Crippen LogP contribution in [0.25, 0.3) is 0 Å². The van der Waals surface area contributed by atoms with Crippen molar-refractivity contribution >= 4 is 5.91 Å². The van der Waals surface area contributed by atoms with Gasteiger partial charge in [-0.25, -0.2) is 0 Å². The maximum absolute atomic E-state index is 11.8. The normalized spacial score (nSPS) is 12.0. The minimum absolute atomic E-state index is 0.0280. The number of hydrogen-bond acceptors (Lipinski definition) is 3. The molecule has 0 unspecified atom stereocenters. The molecule has 0 saturated carbocycles. The summed E-state index contributed by atoms with van der Waals surface area (Å²) < 4.78 is 5.16. The van der Waals surface area contributed by atoms with Crippen LogP contribution in [0.1, 0.15) is 22.8 Å². The monoisotopic (exact) mass is 222 g/mol. The summed E-state index contributed by atoms with van der Waals surface area (Å²) in [7, 11) is 1.59. The van der Waals surface area contributed by atoms with Crippen LogP contribution in [0, 0.1) is 6.92 Å². The number of amides is 1. The smallest absolute Gasteiger partial charge is 0.251 e. The molecule has 0 fully saturated rings. The van der Waals surface area contributed by atoms with E-state index in [0.717, 1.165) is 5.56 Å². The van der Waals surface area contributed by atoms with Gasteiger partial charge < -0.3 is 15.8 Å². The zero-order chi connectivity index (χ0) is 12.1. The van der Waals surface area contributed by atoms with E-state index in [1.165, 1.54) is 0 Å². The summed E-state index contributed by atoms with van der Waals surface area (Å²) in [6.07, 6.45) is 0. The summed E-state index contributed by atoms with van der Waals surface area (Å²) >= 11 is 0. The Bertz CT molecular complexity index is 377. The summed E-state index contributed by atoms with van der Waals surface area (Å²) in [6.45, 7) is 4.22. The highest BCUT2D eigenvalue weighted by Crippen LogP contribution is 2.18. The number of nitrogens with one attached hydrogen (secondary N) is 1. The van der Waals surface area contributed by atoms with Gasteiger partial charge in [-0.3, -0.25) is 4.79 Å². The Balaban J connectivity index is 2.84. The third-order valence-electron chi connectivity index (χ3n) is 2.40. The number of hydrogen-bond donors (Lipinski definition) is 2. The number of benzene rings is 1. The molecular weight excluding hydrogens is 204 g/mol. The predicted molar refractivity (Wildman–Crippen MR) is 63.7 cm³/mol. The van der Waals surface area contributed by atoms with Gasteiger partial charge in [0.05, 0.1) is 7.11 Å². The van der Waals surface area contributed by atoms with E-state index >= 15 is 0 Å². The first-order chi connectivity index (χ1) is 7.58. The molecule has 0 bridgehead atoms. The van der Waals surface area contributed by atoms with Crippen LogP contribution in [0.2, 0.25) is 0 Å². The number of ether oxygens (including phenoxy) is 1. The minimum Gasteiger partial charge on any atom is -0.496 e. The second kappa shape index (κ2) is 5.51. The quantitative estimate of drug-likeness (QED) is 0.801. The van der Waals surface area contributed by atoms with Gasteiger partial charge in [-0.2, -0.15) is 0 Å². The van der Waals surface area contributed by atoms with Crippen molar-refractivity contribution in [2.45, 2.75) is 19.9 Å². The molecule has 1 amide bonds. The number of methoxy groups -OCH3 is 1. The van der Waals surface area contributed by atoms with Crippen molar-refractivity contribution < 1.29 is 9.53 Å². The Labute approximate surface area is 95.8 Å². The van der Waals surface area contributed by atoms with Crippen LogP contribution in [0.4, 0.5) is 0 Å². The fraction of sp³-hybridized carbons (Fsp3) is 0.417. The van der Waals surface area contributed by atoms with Gasteiger partial charge in [0.15, 0.2) is 0 Å². The van der Waals surface area contributed by atoms with Crippen molar-refractivity contribution in [1.82, 2.24) is 5.32 Å². The molecule has 3 N–H and O–H groups in total. The first kappa shape index (κ1) is 12.5. The Morgan fingerprint density at radius 3 is 2.81 bits per heavy atom. The molecule has 1 aromatic carbocycles. The summed E-state index contributed by atoms with van der Waals surface area (Å²) in [5, 5.41) is 2.80. The van der Waals surface area contributed by atoms with Crippen LogP contribution >= 0.6 is 0 Å². The van der Waals surface area contributed by atoms with E-state index in [1.54, 1.807) is 19.2 Å². The number of aryl methyl sites for hydroxylation is 1. The third-order valence-corrected chi connectivity index (χ3v) is 2.40. The average molecular weight is 222 g/mol. The minimum atomic E-state index is -0.128. The highest BCUT2D eigenvalue weighted by atomic mass is 16.5. The third kappa shape index (κ3) is 2.97. The molecule has 4 heteroatoms. The van der Waals surface area contributed by atoms with Crippen LogP contribution in [0.3, 0.4) is 0 Å². The highest BCUT2D eigenvalue weighted by Gasteiger charge is 2.10. The lowest BCUT2D eigenvalue weighted by Gasteiger charge is -2.12. The second-order valence-electron chi connectivity index (χ2n) is 3.79. The Morgan fingerprint density at radius 2 is 2.25 bits per heavy atom. The molecular formula is C12H18N2O2. The molecule has 1 atom stereocenters. The fourth-order valence-corrected chi connectivity index (χ4v) is 1.33. The number of rotatable bonds is 4. The zero-order valence-corrected chi connectivity index (χ0v) is 9.91. The van der Waals surface area contributed by atoms with Crippen molar-refractivity contribution in [3.63, 3.8) is 0 Å². The molecule has 0 saturated heterocycles. The summed E-state index contributed by atoms with van der Waals surface area (Å²) in [5.41, 5.74) is 7.03. The predicted octanol–water partition coefficient (Wildman–Crippen LogP) is 1.08. The first-order valence-electron chi connectivity index (χ1n) is 5.24. The van der Waals surface area contributed by atoms with Crippen LogP contribution in [-0.2, 0) is 0 Å². The van der Waals surface area contributed by atoms with E-state index in [2.05, 4.69) is 5.32 Å². The summed E-state index contributed by atoms with van der Waals surface area (Å²) in [4.78, 5) is 11.8. The van der Waals surface area contributed by atoms with Gasteiger partial charge >= 0.3 is 0 Å². The number of nitrogens with two attached hydrogens (primary N) is 1. The van der Waals surface area contributed by atoms with Gasteiger partial charge in [0.1, 0.15) is 5.75 Å².